The van der Waals surface area contributed by atoms with Crippen LogP contribution in [0.2, 0.25) is 0 Å². The quantitative estimate of drug-likeness (QED) is 0.758. The van der Waals surface area contributed by atoms with E-state index in [1.54, 1.807) is 0 Å². The van der Waals surface area contributed by atoms with E-state index in [2.05, 4.69) is 10.2 Å². The molecule has 4 rings (SSSR count). The van der Waals surface area contributed by atoms with Crippen LogP contribution in [0, 0.1) is 5.92 Å². The van der Waals surface area contributed by atoms with Gasteiger partial charge in [-0.05, 0) is 25.2 Å². The first-order valence-electron chi connectivity index (χ1n) is 10.3. The van der Waals surface area contributed by atoms with E-state index in [0.717, 1.165) is 19.5 Å². The highest BCUT2D eigenvalue weighted by molar-refractivity contribution is 5.83. The number of nitrogens with one attached hydrogen (secondary N) is 1. The van der Waals surface area contributed by atoms with Gasteiger partial charge in [0, 0.05) is 45.3 Å². The maximum absolute atomic E-state index is 12.9. The number of hydrogen-bond donors (Lipinski definition) is 1. The molecule has 3 unspecified atom stereocenters. The van der Waals surface area contributed by atoms with Gasteiger partial charge in [-0.2, -0.15) is 0 Å². The number of amides is 2. The minimum absolute atomic E-state index is 0.00120. The Kier molecular flexibility index (Phi) is 5.76. The SMILES string of the molecule is O=C(CN1CCOCC1)N1CCN(C(=O)C2CC3CCCCC3N2)CC1. The molecule has 146 valence electrons. The van der Waals surface area contributed by atoms with Crippen molar-refractivity contribution in [2.24, 2.45) is 5.92 Å². The van der Waals surface area contributed by atoms with E-state index in [0.29, 0.717) is 57.9 Å². The van der Waals surface area contributed by atoms with Gasteiger partial charge >= 0.3 is 0 Å². The fourth-order valence-electron chi connectivity index (χ4n) is 4.96. The number of carbonyl (C=O) groups excluding carboxylic acids is 2. The van der Waals surface area contributed by atoms with Crippen LogP contribution >= 0.6 is 0 Å². The Hall–Kier alpha value is -1.18. The van der Waals surface area contributed by atoms with Crippen molar-refractivity contribution < 1.29 is 14.3 Å². The number of piperazine rings is 1. The number of hydrogen-bond acceptors (Lipinski definition) is 5. The normalized spacial score (nSPS) is 33.2. The van der Waals surface area contributed by atoms with E-state index in [-0.39, 0.29) is 17.9 Å². The van der Waals surface area contributed by atoms with Gasteiger partial charge < -0.3 is 19.9 Å². The highest BCUT2D eigenvalue weighted by atomic mass is 16.5. The molecule has 3 atom stereocenters. The Balaban J connectivity index is 1.23. The van der Waals surface area contributed by atoms with Crippen LogP contribution in [0.4, 0.5) is 0 Å². The Morgan fingerprint density at radius 3 is 2.35 bits per heavy atom. The molecule has 0 aromatic rings. The molecule has 0 bridgehead atoms. The first kappa shape index (κ1) is 18.2. The molecule has 4 fully saturated rings. The number of nitrogens with zero attached hydrogens (tertiary/aromatic N) is 3. The number of ether oxygens (including phenoxy) is 1. The van der Waals surface area contributed by atoms with Crippen LogP contribution in [0.3, 0.4) is 0 Å². The summed E-state index contributed by atoms with van der Waals surface area (Å²) in [6, 6.07) is 0.549. The van der Waals surface area contributed by atoms with E-state index in [1.807, 2.05) is 9.80 Å². The van der Waals surface area contributed by atoms with Gasteiger partial charge in [-0.1, -0.05) is 12.8 Å². The van der Waals surface area contributed by atoms with Crippen molar-refractivity contribution in [2.75, 3.05) is 59.0 Å². The highest BCUT2D eigenvalue weighted by Crippen LogP contribution is 2.33. The van der Waals surface area contributed by atoms with Gasteiger partial charge in [0.25, 0.3) is 0 Å². The largest absolute Gasteiger partial charge is 0.379 e. The van der Waals surface area contributed by atoms with Gasteiger partial charge in [-0.3, -0.25) is 14.5 Å². The zero-order chi connectivity index (χ0) is 17.9. The maximum Gasteiger partial charge on any atom is 0.239 e. The van der Waals surface area contributed by atoms with E-state index in [4.69, 9.17) is 4.74 Å². The molecule has 1 aliphatic carbocycles. The predicted molar refractivity (Wildman–Crippen MR) is 97.7 cm³/mol. The second-order valence-electron chi connectivity index (χ2n) is 8.20. The predicted octanol–water partition coefficient (Wildman–Crippen LogP) is -0.0899. The lowest BCUT2D eigenvalue weighted by Crippen LogP contribution is -2.56. The van der Waals surface area contributed by atoms with E-state index in [1.165, 1.54) is 25.7 Å². The third-order valence-corrected chi connectivity index (χ3v) is 6.57. The molecule has 3 aliphatic heterocycles. The molecule has 2 amide bonds. The molecule has 1 saturated carbocycles. The van der Waals surface area contributed by atoms with Crippen LogP contribution in [-0.4, -0.2) is 97.6 Å². The van der Waals surface area contributed by atoms with Crippen molar-refractivity contribution in [3.63, 3.8) is 0 Å². The Labute approximate surface area is 156 Å². The molecule has 1 N–H and O–H groups in total. The third kappa shape index (κ3) is 4.05. The number of fused-ring (bicyclic) bond motifs is 1. The summed E-state index contributed by atoms with van der Waals surface area (Å²) >= 11 is 0. The highest BCUT2D eigenvalue weighted by Gasteiger charge is 2.40. The van der Waals surface area contributed by atoms with Crippen LogP contribution in [0.5, 0.6) is 0 Å². The average Bonchev–Trinajstić information content (AvgIpc) is 3.12. The van der Waals surface area contributed by atoms with Crippen molar-refractivity contribution in [2.45, 2.75) is 44.2 Å². The van der Waals surface area contributed by atoms with Gasteiger partial charge in [-0.25, -0.2) is 0 Å². The zero-order valence-electron chi connectivity index (χ0n) is 15.7. The molecule has 3 heterocycles. The lowest BCUT2D eigenvalue weighted by molar-refractivity contribution is -0.141. The van der Waals surface area contributed by atoms with Crippen molar-refractivity contribution >= 4 is 11.8 Å². The molecule has 7 nitrogen and oxygen atoms in total. The monoisotopic (exact) mass is 364 g/mol. The van der Waals surface area contributed by atoms with Gasteiger partial charge in [0.15, 0.2) is 0 Å². The average molecular weight is 364 g/mol. The van der Waals surface area contributed by atoms with Gasteiger partial charge in [0.2, 0.25) is 11.8 Å². The summed E-state index contributed by atoms with van der Waals surface area (Å²) in [4.78, 5) is 31.4. The van der Waals surface area contributed by atoms with E-state index in [9.17, 15) is 9.59 Å². The van der Waals surface area contributed by atoms with Gasteiger partial charge in [0.05, 0.1) is 25.8 Å². The third-order valence-electron chi connectivity index (χ3n) is 6.57. The minimum Gasteiger partial charge on any atom is -0.379 e. The van der Waals surface area contributed by atoms with Gasteiger partial charge in [0.1, 0.15) is 0 Å². The van der Waals surface area contributed by atoms with Crippen LogP contribution in [-0.2, 0) is 14.3 Å². The first-order chi connectivity index (χ1) is 12.7. The Morgan fingerprint density at radius 1 is 0.923 bits per heavy atom. The number of morpholine rings is 1. The van der Waals surface area contributed by atoms with Crippen LogP contribution in [0.15, 0.2) is 0 Å². The van der Waals surface area contributed by atoms with Crippen molar-refractivity contribution in [1.82, 2.24) is 20.0 Å². The fraction of sp³-hybridized carbons (Fsp3) is 0.895. The molecule has 3 saturated heterocycles. The number of carbonyl (C=O) groups is 2. The standard InChI is InChI=1S/C19H32N4O3/c24-18(14-21-9-11-26-12-10-21)22-5-7-23(8-6-22)19(25)17-13-15-3-1-2-4-16(15)20-17/h15-17,20H,1-14H2. The molecule has 0 spiro atoms. The Bertz CT molecular complexity index is 501. The van der Waals surface area contributed by atoms with E-state index >= 15 is 0 Å². The maximum atomic E-state index is 12.9. The summed E-state index contributed by atoms with van der Waals surface area (Å²) in [5, 5.41) is 3.59. The molecule has 7 heteroatoms. The smallest absolute Gasteiger partial charge is 0.239 e. The van der Waals surface area contributed by atoms with Crippen molar-refractivity contribution in [1.29, 1.82) is 0 Å². The fourth-order valence-corrected chi connectivity index (χ4v) is 4.96. The Morgan fingerprint density at radius 2 is 1.62 bits per heavy atom. The molecule has 0 aromatic heterocycles. The minimum atomic E-state index is -0.00120. The molecular weight excluding hydrogens is 332 g/mol. The summed E-state index contributed by atoms with van der Waals surface area (Å²) in [5.74, 6) is 1.12. The summed E-state index contributed by atoms with van der Waals surface area (Å²) in [5.41, 5.74) is 0. The van der Waals surface area contributed by atoms with Gasteiger partial charge in [-0.15, -0.1) is 0 Å². The lowest BCUT2D eigenvalue weighted by atomic mass is 9.85. The molecule has 26 heavy (non-hydrogen) atoms. The van der Waals surface area contributed by atoms with Crippen molar-refractivity contribution in [3.8, 4) is 0 Å². The summed E-state index contributed by atoms with van der Waals surface area (Å²) in [6.07, 6.45) is 6.09. The lowest BCUT2D eigenvalue weighted by Gasteiger charge is -2.37. The van der Waals surface area contributed by atoms with Crippen LogP contribution in [0.25, 0.3) is 0 Å². The first-order valence-corrected chi connectivity index (χ1v) is 10.3. The molecular formula is C19H32N4O3. The molecule has 0 radical (unpaired) electrons. The molecule has 4 aliphatic rings. The summed E-state index contributed by atoms with van der Waals surface area (Å²) in [6.45, 7) is 6.23. The summed E-state index contributed by atoms with van der Waals surface area (Å²) in [7, 11) is 0. The topological polar surface area (TPSA) is 65.1 Å². The van der Waals surface area contributed by atoms with Crippen LogP contribution < -0.4 is 5.32 Å². The number of rotatable bonds is 3. The molecule has 0 aromatic carbocycles. The second-order valence-corrected chi connectivity index (χ2v) is 8.20. The van der Waals surface area contributed by atoms with E-state index < -0.39 is 0 Å². The zero-order valence-corrected chi connectivity index (χ0v) is 15.7. The second kappa shape index (κ2) is 8.23. The van der Waals surface area contributed by atoms with Crippen molar-refractivity contribution in [3.05, 3.63) is 0 Å². The summed E-state index contributed by atoms with van der Waals surface area (Å²) < 4.78 is 5.33. The van der Waals surface area contributed by atoms with Crippen LogP contribution in [0.1, 0.15) is 32.1 Å².